The molecule has 3 amide bonds. The van der Waals surface area contributed by atoms with Gasteiger partial charge in [-0.1, -0.05) is 29.8 Å². The van der Waals surface area contributed by atoms with Gasteiger partial charge in [0.15, 0.2) is 0 Å². The molecule has 0 heterocycles. The largest absolute Gasteiger partial charge is 0.508 e. The van der Waals surface area contributed by atoms with Crippen LogP contribution >= 0.6 is 11.6 Å². The number of aliphatic hydroxyl groups is 1. The average Bonchev–Trinajstić information content (AvgIpc) is 2.96. The second kappa shape index (κ2) is 16.5. The summed E-state index contributed by atoms with van der Waals surface area (Å²) in [5, 5.41) is 30.8. The van der Waals surface area contributed by atoms with Crippen LogP contribution in [-0.4, -0.2) is 71.0 Å². The van der Waals surface area contributed by atoms with Gasteiger partial charge in [-0.2, -0.15) is 13.2 Å². The summed E-state index contributed by atoms with van der Waals surface area (Å²) in [5.74, 6) is -0.730. The number of amidine groups is 1. The zero-order valence-corrected chi connectivity index (χ0v) is 24.6. The highest BCUT2D eigenvalue weighted by Gasteiger charge is 2.31. The van der Waals surface area contributed by atoms with Crippen molar-refractivity contribution in [3.05, 3.63) is 76.0 Å². The third-order valence-corrected chi connectivity index (χ3v) is 6.80. The molecule has 1 fully saturated rings. The van der Waals surface area contributed by atoms with Crippen LogP contribution in [0.1, 0.15) is 43.7 Å². The van der Waals surface area contributed by atoms with Crippen LogP contribution in [0.4, 0.5) is 18.0 Å². The Kier molecular flexibility index (Phi) is 13.5. The number of nitrogens with two attached hydrogens (primary N) is 1. The molecule has 2 aromatic carbocycles. The van der Waals surface area contributed by atoms with E-state index in [2.05, 4.69) is 10.6 Å². The van der Waals surface area contributed by atoms with Crippen LogP contribution in [0, 0.1) is 5.41 Å². The van der Waals surface area contributed by atoms with E-state index in [0.717, 1.165) is 12.7 Å². The number of amides is 3. The second-order valence-electron chi connectivity index (χ2n) is 9.57. The number of carbonyl (C=O) groups is 2. The normalized spacial score (nSPS) is 16.9. The van der Waals surface area contributed by atoms with Crippen molar-refractivity contribution in [3.63, 3.8) is 0 Å². The highest BCUT2D eigenvalue weighted by molar-refractivity contribution is 6.31. The first-order valence-corrected chi connectivity index (χ1v) is 13.7. The Morgan fingerprint density at radius 1 is 1.16 bits per heavy atom. The van der Waals surface area contributed by atoms with Crippen molar-refractivity contribution < 1.29 is 33.0 Å². The number of nitrogens with zero attached hydrogens (tertiary/aromatic N) is 2. The van der Waals surface area contributed by atoms with E-state index in [1.54, 1.807) is 12.1 Å². The predicted octanol–water partition coefficient (Wildman–Crippen LogP) is 4.49. The molecule has 0 aliphatic heterocycles. The van der Waals surface area contributed by atoms with Gasteiger partial charge in [-0.3, -0.25) is 20.1 Å². The number of hydrogen-bond acceptors (Lipinski definition) is 7. The highest BCUT2D eigenvalue weighted by atomic mass is 35.5. The standard InChI is InChI=1S/C28H32ClF3N6O3.CH4O/c1-17(39)37-20-8-11-22(25(14-20)35-15-19-4-2-3-5-23(19)29)24(33)16-36-27(41)38(13-12-28(30,31)32)26(34)18-6-9-21(40)10-7-18;1-2/h2-7,9-10,20,34,40H,8,11-16,33H2,1H3,(H,36,41)(H,37,39);2H,1H3/b24-22-,34-26?,35-25?;. The number of rotatable bonds is 8. The van der Waals surface area contributed by atoms with E-state index in [1.807, 2.05) is 12.1 Å². The van der Waals surface area contributed by atoms with Gasteiger partial charge < -0.3 is 26.6 Å². The fourth-order valence-electron chi connectivity index (χ4n) is 4.35. The van der Waals surface area contributed by atoms with Crippen molar-refractivity contribution in [2.45, 2.75) is 51.4 Å². The van der Waals surface area contributed by atoms with Crippen molar-refractivity contribution in [2.75, 3.05) is 20.2 Å². The van der Waals surface area contributed by atoms with Crippen LogP contribution in [0.15, 0.2) is 64.8 Å². The number of carbonyl (C=O) groups excluding carboxylic acids is 2. The monoisotopic (exact) mass is 624 g/mol. The SMILES string of the molecule is CC(=O)NC1CC/C(=C(/N)CNC(=O)N(CCC(F)(F)F)C(=N)c2ccc(O)cc2)C(=NCc2ccccc2Cl)C1.CO. The second-order valence-corrected chi connectivity index (χ2v) is 9.98. The van der Waals surface area contributed by atoms with Crippen LogP contribution in [0.5, 0.6) is 5.75 Å². The summed E-state index contributed by atoms with van der Waals surface area (Å²) < 4.78 is 39.0. The molecule has 3 rings (SSSR count). The molecule has 10 nitrogen and oxygen atoms in total. The minimum absolute atomic E-state index is 0.0903. The van der Waals surface area contributed by atoms with E-state index in [1.165, 1.54) is 31.2 Å². The lowest BCUT2D eigenvalue weighted by atomic mass is 9.87. The third kappa shape index (κ3) is 11.2. The summed E-state index contributed by atoms with van der Waals surface area (Å²) in [6.45, 7) is 0.708. The molecule has 2 aromatic rings. The molecule has 234 valence electrons. The lowest BCUT2D eigenvalue weighted by Crippen LogP contribution is -2.46. The average molecular weight is 625 g/mol. The van der Waals surface area contributed by atoms with Crippen molar-refractivity contribution >= 4 is 35.1 Å². The Hall–Kier alpha value is -4.10. The number of alkyl halides is 3. The molecule has 1 unspecified atom stereocenters. The fourth-order valence-corrected chi connectivity index (χ4v) is 4.54. The van der Waals surface area contributed by atoms with Gasteiger partial charge in [-0.15, -0.1) is 0 Å². The van der Waals surface area contributed by atoms with E-state index < -0.39 is 31.0 Å². The maximum absolute atomic E-state index is 13.0. The molecule has 0 saturated heterocycles. The molecule has 0 aromatic heterocycles. The van der Waals surface area contributed by atoms with Crippen molar-refractivity contribution in [1.82, 2.24) is 15.5 Å². The molecule has 1 saturated carbocycles. The minimum atomic E-state index is -4.55. The molecular weight excluding hydrogens is 589 g/mol. The number of allylic oxidation sites excluding steroid dienone is 1. The van der Waals surface area contributed by atoms with Gasteiger partial charge in [0, 0.05) is 55.0 Å². The molecule has 1 atom stereocenters. The van der Waals surface area contributed by atoms with Gasteiger partial charge in [-0.05, 0) is 54.3 Å². The maximum Gasteiger partial charge on any atom is 0.390 e. The number of aliphatic hydroxyl groups excluding tert-OH is 1. The number of hydrogen-bond donors (Lipinski definition) is 6. The lowest BCUT2D eigenvalue weighted by molar-refractivity contribution is -0.135. The van der Waals surface area contributed by atoms with Gasteiger partial charge >= 0.3 is 12.2 Å². The zero-order chi connectivity index (χ0) is 32.2. The number of halogens is 4. The van der Waals surface area contributed by atoms with Crippen LogP contribution in [-0.2, 0) is 11.3 Å². The summed E-state index contributed by atoms with van der Waals surface area (Å²) in [6.07, 6.45) is -4.43. The third-order valence-electron chi connectivity index (χ3n) is 6.43. The number of urea groups is 1. The molecular formula is C29H36ClF3N6O4. The zero-order valence-electron chi connectivity index (χ0n) is 23.8. The molecule has 43 heavy (non-hydrogen) atoms. The smallest absolute Gasteiger partial charge is 0.390 e. The van der Waals surface area contributed by atoms with Crippen molar-refractivity contribution in [2.24, 2.45) is 10.7 Å². The summed E-state index contributed by atoms with van der Waals surface area (Å²) in [7, 11) is 1.00. The van der Waals surface area contributed by atoms with Crippen LogP contribution in [0.2, 0.25) is 5.02 Å². The van der Waals surface area contributed by atoms with Crippen molar-refractivity contribution in [1.29, 1.82) is 5.41 Å². The Morgan fingerprint density at radius 3 is 2.42 bits per heavy atom. The molecule has 14 heteroatoms. The first kappa shape index (κ1) is 35.1. The van der Waals surface area contributed by atoms with E-state index in [-0.39, 0.29) is 42.0 Å². The number of phenols is 1. The highest BCUT2D eigenvalue weighted by Crippen LogP contribution is 2.25. The lowest BCUT2D eigenvalue weighted by Gasteiger charge is -2.28. The molecule has 7 N–H and O–H groups in total. The summed E-state index contributed by atoms with van der Waals surface area (Å²) in [5.41, 5.74) is 8.89. The number of aromatic hydroxyl groups is 1. The summed E-state index contributed by atoms with van der Waals surface area (Å²) in [6, 6.07) is 11.3. The molecule has 0 radical (unpaired) electrons. The number of phenolic OH excluding ortho intramolecular Hbond substituents is 1. The number of nitrogens with one attached hydrogen (secondary N) is 3. The Balaban J connectivity index is 0.00000316. The van der Waals surface area contributed by atoms with Gasteiger partial charge in [0.25, 0.3) is 0 Å². The summed E-state index contributed by atoms with van der Waals surface area (Å²) >= 11 is 6.27. The van der Waals surface area contributed by atoms with Crippen LogP contribution in [0.25, 0.3) is 0 Å². The minimum Gasteiger partial charge on any atom is -0.508 e. The Morgan fingerprint density at radius 2 is 1.81 bits per heavy atom. The van der Waals surface area contributed by atoms with E-state index in [4.69, 9.17) is 32.8 Å². The molecule has 0 spiro atoms. The van der Waals surface area contributed by atoms with Crippen LogP contribution in [0.3, 0.4) is 0 Å². The molecule has 1 aliphatic carbocycles. The van der Waals surface area contributed by atoms with E-state index in [0.29, 0.717) is 40.5 Å². The van der Waals surface area contributed by atoms with Crippen molar-refractivity contribution in [3.8, 4) is 5.75 Å². The van der Waals surface area contributed by atoms with Gasteiger partial charge in [0.05, 0.1) is 19.5 Å². The van der Waals surface area contributed by atoms with Gasteiger partial charge in [0.1, 0.15) is 11.6 Å². The van der Waals surface area contributed by atoms with Gasteiger partial charge in [-0.25, -0.2) is 4.79 Å². The van der Waals surface area contributed by atoms with E-state index >= 15 is 0 Å². The van der Waals surface area contributed by atoms with E-state index in [9.17, 15) is 27.9 Å². The van der Waals surface area contributed by atoms with Gasteiger partial charge in [0.2, 0.25) is 5.91 Å². The maximum atomic E-state index is 13.0. The topological polar surface area (TPSA) is 164 Å². The molecule has 0 bridgehead atoms. The number of aliphatic imine (C=N–C) groups is 1. The Labute approximate surface area is 252 Å². The predicted molar refractivity (Wildman–Crippen MR) is 159 cm³/mol. The Bertz CT molecular complexity index is 1330. The quantitative estimate of drug-likeness (QED) is 0.188. The molecule has 1 aliphatic rings. The van der Waals surface area contributed by atoms with Crippen LogP contribution < -0.4 is 16.4 Å². The number of benzene rings is 2. The first-order chi connectivity index (χ1) is 20.3. The fraction of sp³-hybridized carbons (Fsp3) is 0.379. The summed E-state index contributed by atoms with van der Waals surface area (Å²) in [4.78, 5) is 30.0. The first-order valence-electron chi connectivity index (χ1n) is 13.3.